The van der Waals surface area contributed by atoms with E-state index in [1.807, 2.05) is 0 Å². The van der Waals surface area contributed by atoms with E-state index in [0.717, 1.165) is 6.07 Å². The molecule has 6 heteroatoms. The third kappa shape index (κ3) is 3.07. The number of rotatable bonds is 4. The summed E-state index contributed by atoms with van der Waals surface area (Å²) >= 11 is 0. The van der Waals surface area contributed by atoms with Gasteiger partial charge in [0.1, 0.15) is 0 Å². The van der Waals surface area contributed by atoms with Crippen molar-refractivity contribution in [1.29, 1.82) is 0 Å². The number of likely N-dealkylation sites (tertiary alicyclic amines) is 1. The highest BCUT2D eigenvalue weighted by Gasteiger charge is 2.32. The van der Waals surface area contributed by atoms with Crippen molar-refractivity contribution < 1.29 is 23.5 Å². The van der Waals surface area contributed by atoms with Crippen LogP contribution in [0.4, 0.5) is 8.78 Å². The Kier molecular flexibility index (Phi) is 3.78. The first-order chi connectivity index (χ1) is 8.97. The molecule has 1 aliphatic heterocycles. The van der Waals surface area contributed by atoms with Crippen LogP contribution in [-0.2, 0) is 16.0 Å². The van der Waals surface area contributed by atoms with E-state index in [0.29, 0.717) is 13.1 Å². The van der Waals surface area contributed by atoms with Crippen molar-refractivity contribution >= 4 is 11.9 Å². The topological polar surface area (TPSA) is 57.6 Å². The van der Waals surface area contributed by atoms with E-state index in [1.165, 1.54) is 17.0 Å². The Morgan fingerprint density at radius 3 is 2.63 bits per heavy atom. The van der Waals surface area contributed by atoms with E-state index < -0.39 is 17.6 Å². The highest BCUT2D eigenvalue weighted by atomic mass is 19.2. The van der Waals surface area contributed by atoms with Crippen molar-refractivity contribution in [2.24, 2.45) is 5.92 Å². The smallest absolute Gasteiger partial charge is 0.303 e. The van der Waals surface area contributed by atoms with Crippen LogP contribution < -0.4 is 0 Å². The van der Waals surface area contributed by atoms with Gasteiger partial charge in [-0.2, -0.15) is 0 Å². The number of hydrogen-bond acceptors (Lipinski definition) is 2. The molecule has 4 nitrogen and oxygen atoms in total. The Labute approximate surface area is 108 Å². The van der Waals surface area contributed by atoms with Crippen LogP contribution >= 0.6 is 0 Å². The minimum atomic E-state index is -1.00. The molecule has 0 aromatic heterocycles. The lowest BCUT2D eigenvalue weighted by molar-refractivity contribution is -0.144. The number of amides is 1. The summed E-state index contributed by atoms with van der Waals surface area (Å²) in [7, 11) is 0. The van der Waals surface area contributed by atoms with Gasteiger partial charge in [-0.25, -0.2) is 8.78 Å². The van der Waals surface area contributed by atoms with Gasteiger partial charge < -0.3 is 10.0 Å². The Morgan fingerprint density at radius 1 is 1.32 bits per heavy atom. The number of hydrogen-bond donors (Lipinski definition) is 1. The number of carboxylic acid groups (broad SMARTS) is 1. The Morgan fingerprint density at radius 2 is 2.00 bits per heavy atom. The molecule has 0 unspecified atom stereocenters. The van der Waals surface area contributed by atoms with Crippen LogP contribution in [0, 0.1) is 17.6 Å². The van der Waals surface area contributed by atoms with Crippen molar-refractivity contribution in [3.63, 3.8) is 0 Å². The Balaban J connectivity index is 1.89. The second-order valence-electron chi connectivity index (χ2n) is 4.65. The molecular formula is C13H13F2NO3. The fourth-order valence-electron chi connectivity index (χ4n) is 2.11. The van der Waals surface area contributed by atoms with Crippen molar-refractivity contribution in [3.8, 4) is 0 Å². The van der Waals surface area contributed by atoms with Gasteiger partial charge in [0.2, 0.25) is 5.91 Å². The predicted octanol–water partition coefficient (Wildman–Crippen LogP) is 1.44. The van der Waals surface area contributed by atoms with Crippen LogP contribution in [0.25, 0.3) is 0 Å². The summed E-state index contributed by atoms with van der Waals surface area (Å²) in [5.41, 5.74) is 0.0201. The summed E-state index contributed by atoms with van der Waals surface area (Å²) in [6, 6.07) is 3.71. The Hall–Kier alpha value is -1.98. The average molecular weight is 269 g/mol. The van der Waals surface area contributed by atoms with Gasteiger partial charge in [0.25, 0.3) is 0 Å². The average Bonchev–Trinajstić information content (AvgIpc) is 2.28. The normalized spacial score (nSPS) is 15.2. The SMILES string of the molecule is O=C(O)CC1CN(C(=O)Cc2cccc(F)c2F)C1. The van der Waals surface area contributed by atoms with Crippen LogP contribution in [0.2, 0.25) is 0 Å². The molecule has 0 spiro atoms. The molecular weight excluding hydrogens is 256 g/mol. The van der Waals surface area contributed by atoms with E-state index in [9.17, 15) is 18.4 Å². The molecule has 1 aliphatic rings. The molecule has 1 aromatic rings. The predicted molar refractivity (Wildman–Crippen MR) is 62.4 cm³/mol. The van der Waals surface area contributed by atoms with E-state index in [-0.39, 0.29) is 30.2 Å². The summed E-state index contributed by atoms with van der Waals surface area (Å²) in [6.45, 7) is 0.726. The molecule has 1 saturated heterocycles. The summed E-state index contributed by atoms with van der Waals surface area (Å²) in [5.74, 6) is -3.23. The van der Waals surface area contributed by atoms with Crippen LogP contribution in [0.1, 0.15) is 12.0 Å². The minimum absolute atomic E-state index is 0.0201. The highest BCUT2D eigenvalue weighted by Crippen LogP contribution is 2.21. The van der Waals surface area contributed by atoms with Crippen molar-refractivity contribution in [1.82, 2.24) is 4.90 Å². The van der Waals surface area contributed by atoms with Crippen LogP contribution in [0.5, 0.6) is 0 Å². The summed E-state index contributed by atoms with van der Waals surface area (Å²) in [6.07, 6.45) is -0.179. The van der Waals surface area contributed by atoms with Gasteiger partial charge >= 0.3 is 5.97 Å². The monoisotopic (exact) mass is 269 g/mol. The van der Waals surface area contributed by atoms with Crippen LogP contribution in [0.3, 0.4) is 0 Å². The summed E-state index contributed by atoms with van der Waals surface area (Å²) in [4.78, 5) is 23.7. The molecule has 0 bridgehead atoms. The maximum absolute atomic E-state index is 13.4. The molecule has 0 radical (unpaired) electrons. The lowest BCUT2D eigenvalue weighted by atomic mass is 9.95. The number of aliphatic carboxylic acids is 1. The van der Waals surface area contributed by atoms with Crippen LogP contribution in [0.15, 0.2) is 18.2 Å². The van der Waals surface area contributed by atoms with E-state index in [4.69, 9.17) is 5.11 Å². The fourth-order valence-corrected chi connectivity index (χ4v) is 2.11. The first kappa shape index (κ1) is 13.5. The zero-order chi connectivity index (χ0) is 14.0. The summed E-state index contributed by atoms with van der Waals surface area (Å²) < 4.78 is 26.3. The van der Waals surface area contributed by atoms with Gasteiger partial charge in [-0.05, 0) is 6.07 Å². The molecule has 102 valence electrons. The third-order valence-corrected chi connectivity index (χ3v) is 3.15. The molecule has 0 saturated carbocycles. The van der Waals surface area contributed by atoms with Gasteiger partial charge in [-0.3, -0.25) is 9.59 Å². The number of carbonyl (C=O) groups is 2. The second-order valence-corrected chi connectivity index (χ2v) is 4.65. The van der Waals surface area contributed by atoms with Crippen LogP contribution in [-0.4, -0.2) is 35.0 Å². The van der Waals surface area contributed by atoms with E-state index in [1.54, 1.807) is 0 Å². The third-order valence-electron chi connectivity index (χ3n) is 3.15. The van der Waals surface area contributed by atoms with Crippen molar-refractivity contribution in [3.05, 3.63) is 35.4 Å². The number of halogens is 2. The molecule has 1 aromatic carbocycles. The first-order valence-electron chi connectivity index (χ1n) is 5.90. The van der Waals surface area contributed by atoms with Gasteiger partial charge in [-0.15, -0.1) is 0 Å². The number of nitrogens with zero attached hydrogens (tertiary/aromatic N) is 1. The number of carbonyl (C=O) groups excluding carboxylic acids is 1. The minimum Gasteiger partial charge on any atom is -0.481 e. The molecule has 1 amide bonds. The molecule has 1 fully saturated rings. The lowest BCUT2D eigenvalue weighted by Gasteiger charge is -2.38. The standard InChI is InChI=1S/C13H13F2NO3/c14-10-3-1-2-9(13(10)15)5-11(17)16-6-8(7-16)4-12(18)19/h1-3,8H,4-7H2,(H,18,19). The molecule has 0 atom stereocenters. The second kappa shape index (κ2) is 5.34. The maximum Gasteiger partial charge on any atom is 0.303 e. The maximum atomic E-state index is 13.4. The number of carboxylic acids is 1. The fraction of sp³-hybridized carbons (Fsp3) is 0.385. The zero-order valence-corrected chi connectivity index (χ0v) is 10.1. The Bertz CT molecular complexity index is 513. The first-order valence-corrected chi connectivity index (χ1v) is 5.90. The number of benzene rings is 1. The van der Waals surface area contributed by atoms with Gasteiger partial charge in [0, 0.05) is 24.6 Å². The van der Waals surface area contributed by atoms with E-state index >= 15 is 0 Å². The van der Waals surface area contributed by atoms with Gasteiger partial charge in [0.05, 0.1) is 12.8 Å². The van der Waals surface area contributed by atoms with Gasteiger partial charge in [-0.1, -0.05) is 12.1 Å². The molecule has 0 aliphatic carbocycles. The van der Waals surface area contributed by atoms with E-state index in [2.05, 4.69) is 0 Å². The van der Waals surface area contributed by atoms with Gasteiger partial charge in [0.15, 0.2) is 11.6 Å². The molecule has 1 N–H and O–H groups in total. The lowest BCUT2D eigenvalue weighted by Crippen LogP contribution is -2.51. The molecule has 2 rings (SSSR count). The highest BCUT2D eigenvalue weighted by molar-refractivity contribution is 5.80. The molecule has 1 heterocycles. The quantitative estimate of drug-likeness (QED) is 0.899. The van der Waals surface area contributed by atoms with Crippen molar-refractivity contribution in [2.45, 2.75) is 12.8 Å². The molecule has 19 heavy (non-hydrogen) atoms. The zero-order valence-electron chi connectivity index (χ0n) is 10.1. The van der Waals surface area contributed by atoms with Crippen molar-refractivity contribution in [2.75, 3.05) is 13.1 Å². The largest absolute Gasteiger partial charge is 0.481 e. The summed E-state index contributed by atoms with van der Waals surface area (Å²) in [5, 5.41) is 8.58.